The number of nitrogen functional groups attached to an aromatic ring is 1. The summed E-state index contributed by atoms with van der Waals surface area (Å²) >= 11 is 0. The molecule has 0 radical (unpaired) electrons. The van der Waals surface area contributed by atoms with Crippen LogP contribution in [0.15, 0.2) is 24.3 Å². The van der Waals surface area contributed by atoms with E-state index >= 15 is 0 Å². The lowest BCUT2D eigenvalue weighted by molar-refractivity contribution is -0.0500. The first-order chi connectivity index (χ1) is 6.72. The highest BCUT2D eigenvalue weighted by atomic mass is 32.2. The molecule has 0 aliphatic rings. The van der Waals surface area contributed by atoms with Gasteiger partial charge in [-0.15, -0.1) is 0 Å². The summed E-state index contributed by atoms with van der Waals surface area (Å²) < 4.78 is 60.5. The number of rotatable bonds is 2. The van der Waals surface area contributed by atoms with Crippen molar-refractivity contribution in [2.75, 3.05) is 5.73 Å². The number of hydrogen-bond donors (Lipinski definition) is 1. The maximum Gasteiger partial charge on any atom is 0.534 e. The molecule has 0 amide bonds. The van der Waals surface area contributed by atoms with E-state index in [9.17, 15) is 21.6 Å². The smallest absolute Gasteiger partial charge is 0.399 e. The highest BCUT2D eigenvalue weighted by molar-refractivity contribution is 7.87. The van der Waals surface area contributed by atoms with E-state index in [0.717, 1.165) is 12.1 Å². The van der Waals surface area contributed by atoms with Crippen molar-refractivity contribution in [2.24, 2.45) is 0 Å². The fourth-order valence-electron chi connectivity index (χ4n) is 0.697. The molecule has 0 bridgehead atoms. The summed E-state index contributed by atoms with van der Waals surface area (Å²) in [6.07, 6.45) is 0. The summed E-state index contributed by atoms with van der Waals surface area (Å²) in [6, 6.07) is 4.50. The number of alkyl halides is 3. The van der Waals surface area contributed by atoms with Gasteiger partial charge in [-0.25, -0.2) is 0 Å². The molecule has 0 unspecified atom stereocenters. The van der Waals surface area contributed by atoms with Gasteiger partial charge in [0.15, 0.2) is 0 Å². The largest absolute Gasteiger partial charge is 0.534 e. The summed E-state index contributed by atoms with van der Waals surface area (Å²) in [5, 5.41) is 0. The fourth-order valence-corrected chi connectivity index (χ4v) is 1.16. The van der Waals surface area contributed by atoms with Crippen LogP contribution in [0.3, 0.4) is 0 Å². The van der Waals surface area contributed by atoms with Crippen LogP contribution in [0.4, 0.5) is 18.9 Å². The fraction of sp³-hybridized carbons (Fsp3) is 0.143. The second-order valence-electron chi connectivity index (χ2n) is 2.55. The molecule has 1 rings (SSSR count). The Morgan fingerprint density at radius 2 is 1.60 bits per heavy atom. The molecule has 0 atom stereocenters. The molecule has 4 nitrogen and oxygen atoms in total. The quantitative estimate of drug-likeness (QED) is 0.484. The zero-order chi connectivity index (χ0) is 11.7. The Morgan fingerprint density at radius 1 is 1.13 bits per heavy atom. The van der Waals surface area contributed by atoms with E-state index in [1.807, 2.05) is 0 Å². The maximum atomic E-state index is 11.9. The summed E-state index contributed by atoms with van der Waals surface area (Å²) in [5.41, 5.74) is 0.0969. The topological polar surface area (TPSA) is 69.4 Å². The average molecular weight is 241 g/mol. The van der Waals surface area contributed by atoms with Crippen LogP contribution in [0.1, 0.15) is 0 Å². The van der Waals surface area contributed by atoms with Crippen molar-refractivity contribution in [3.05, 3.63) is 24.3 Å². The number of anilines is 1. The van der Waals surface area contributed by atoms with E-state index in [4.69, 9.17) is 5.73 Å². The number of halogens is 3. The molecule has 0 aliphatic heterocycles. The molecule has 8 heteroatoms. The van der Waals surface area contributed by atoms with Crippen LogP contribution in [-0.4, -0.2) is 13.9 Å². The third-order valence-electron chi connectivity index (χ3n) is 1.37. The van der Waals surface area contributed by atoms with Crippen LogP contribution in [0.5, 0.6) is 5.75 Å². The van der Waals surface area contributed by atoms with Crippen molar-refractivity contribution in [2.45, 2.75) is 5.51 Å². The van der Waals surface area contributed by atoms with E-state index in [-0.39, 0.29) is 5.69 Å². The predicted molar refractivity (Wildman–Crippen MR) is 46.5 cm³/mol. The van der Waals surface area contributed by atoms with Gasteiger partial charge in [-0.05, 0) is 24.3 Å². The number of nitrogens with two attached hydrogens (primary N) is 1. The van der Waals surface area contributed by atoms with Gasteiger partial charge in [0, 0.05) is 5.69 Å². The van der Waals surface area contributed by atoms with E-state index < -0.39 is 21.4 Å². The van der Waals surface area contributed by atoms with Crippen molar-refractivity contribution in [3.63, 3.8) is 0 Å². The Bertz CT molecular complexity index is 438. The Labute approximate surface area is 83.6 Å². The molecule has 2 N–H and O–H groups in total. The minimum absolute atomic E-state index is 0.284. The molecule has 0 aromatic heterocycles. The van der Waals surface area contributed by atoms with Crippen LogP contribution in [-0.2, 0) is 10.1 Å². The van der Waals surface area contributed by atoms with Gasteiger partial charge in [0.25, 0.3) is 0 Å². The van der Waals surface area contributed by atoms with Gasteiger partial charge in [-0.3, -0.25) is 0 Å². The Morgan fingerprint density at radius 3 is 2.00 bits per heavy atom. The van der Waals surface area contributed by atoms with Gasteiger partial charge < -0.3 is 9.92 Å². The molecule has 1 aromatic carbocycles. The summed E-state index contributed by atoms with van der Waals surface area (Å²) in [7, 11) is -5.60. The first-order valence-corrected chi connectivity index (χ1v) is 4.99. The number of benzene rings is 1. The molecule has 0 spiro atoms. The molecule has 15 heavy (non-hydrogen) atoms. The third-order valence-corrected chi connectivity index (χ3v) is 2.35. The molecular formula is C7H6F3NO3S. The van der Waals surface area contributed by atoms with Crippen LogP contribution >= 0.6 is 0 Å². The van der Waals surface area contributed by atoms with Gasteiger partial charge in [0.2, 0.25) is 0 Å². The SMILES string of the molecule is Nc1ccc(OS(=O)(=O)C(F)(F)F)cc1. The molecule has 0 heterocycles. The van der Waals surface area contributed by atoms with Gasteiger partial charge in [-0.1, -0.05) is 0 Å². The minimum atomic E-state index is -5.60. The molecule has 0 aliphatic carbocycles. The van der Waals surface area contributed by atoms with E-state index in [1.165, 1.54) is 12.1 Å². The molecule has 0 saturated heterocycles. The predicted octanol–water partition coefficient (Wildman–Crippen LogP) is 1.50. The summed E-state index contributed by atoms with van der Waals surface area (Å²) in [5.74, 6) is -0.443. The van der Waals surface area contributed by atoms with E-state index in [2.05, 4.69) is 4.18 Å². The highest BCUT2D eigenvalue weighted by Gasteiger charge is 2.48. The minimum Gasteiger partial charge on any atom is -0.399 e. The van der Waals surface area contributed by atoms with E-state index in [1.54, 1.807) is 0 Å². The maximum absolute atomic E-state index is 11.9. The average Bonchev–Trinajstić information content (AvgIpc) is 2.06. The third kappa shape index (κ3) is 2.75. The molecule has 84 valence electrons. The first kappa shape index (κ1) is 11.6. The Balaban J connectivity index is 2.93. The van der Waals surface area contributed by atoms with Crippen molar-refractivity contribution in [3.8, 4) is 5.75 Å². The van der Waals surface area contributed by atoms with Crippen molar-refractivity contribution in [1.29, 1.82) is 0 Å². The lowest BCUT2D eigenvalue weighted by atomic mass is 10.3. The Hall–Kier alpha value is -1.44. The molecule has 0 saturated carbocycles. The van der Waals surface area contributed by atoms with Crippen molar-refractivity contribution in [1.82, 2.24) is 0 Å². The zero-order valence-electron chi connectivity index (χ0n) is 7.15. The molecule has 0 fully saturated rings. The van der Waals surface area contributed by atoms with Gasteiger partial charge in [-0.2, -0.15) is 21.6 Å². The first-order valence-electron chi connectivity index (χ1n) is 3.59. The summed E-state index contributed by atoms with van der Waals surface area (Å²) in [4.78, 5) is 0. The summed E-state index contributed by atoms with van der Waals surface area (Å²) in [6.45, 7) is 0. The van der Waals surface area contributed by atoms with Crippen LogP contribution in [0.2, 0.25) is 0 Å². The lowest BCUT2D eigenvalue weighted by Gasteiger charge is -2.08. The lowest BCUT2D eigenvalue weighted by Crippen LogP contribution is -2.28. The second kappa shape index (κ2) is 3.61. The Kier molecular flexibility index (Phi) is 2.80. The number of hydrogen-bond acceptors (Lipinski definition) is 4. The van der Waals surface area contributed by atoms with Crippen LogP contribution < -0.4 is 9.92 Å². The normalized spacial score (nSPS) is 12.5. The van der Waals surface area contributed by atoms with Crippen LogP contribution in [0.25, 0.3) is 0 Å². The van der Waals surface area contributed by atoms with E-state index in [0.29, 0.717) is 0 Å². The van der Waals surface area contributed by atoms with Crippen LogP contribution in [0, 0.1) is 0 Å². The van der Waals surface area contributed by atoms with Gasteiger partial charge >= 0.3 is 15.6 Å². The standard InChI is InChI=1S/C7H6F3NO3S/c8-7(9,10)15(12,13)14-6-3-1-5(11)2-4-6/h1-4H,11H2. The van der Waals surface area contributed by atoms with Gasteiger partial charge in [0.05, 0.1) is 0 Å². The van der Waals surface area contributed by atoms with Gasteiger partial charge in [0.1, 0.15) is 5.75 Å². The highest BCUT2D eigenvalue weighted by Crippen LogP contribution is 2.27. The molecule has 1 aromatic rings. The van der Waals surface area contributed by atoms with Crippen molar-refractivity contribution >= 4 is 15.8 Å². The monoisotopic (exact) mass is 241 g/mol. The second-order valence-corrected chi connectivity index (χ2v) is 4.09. The molecular weight excluding hydrogens is 235 g/mol. The zero-order valence-corrected chi connectivity index (χ0v) is 7.97. The van der Waals surface area contributed by atoms with Crippen molar-refractivity contribution < 1.29 is 25.8 Å².